The SMILES string of the molecule is O=C(Nc1c2c(nn1-c1cccc(Cl)c1)CS(=O)(=O)C2)c1ccccc1F. The summed E-state index contributed by atoms with van der Waals surface area (Å²) in [5.41, 5.74) is 1.17. The van der Waals surface area contributed by atoms with Crippen LogP contribution in [-0.2, 0) is 21.3 Å². The van der Waals surface area contributed by atoms with Crippen molar-refractivity contribution in [1.82, 2.24) is 9.78 Å². The average Bonchev–Trinajstić information content (AvgIpc) is 3.08. The molecule has 1 aliphatic heterocycles. The van der Waals surface area contributed by atoms with Crippen LogP contribution in [0.3, 0.4) is 0 Å². The van der Waals surface area contributed by atoms with Crippen molar-refractivity contribution in [3.63, 3.8) is 0 Å². The molecular formula is C18H13ClFN3O3S. The Morgan fingerprint density at radius 2 is 1.93 bits per heavy atom. The smallest absolute Gasteiger partial charge is 0.259 e. The van der Waals surface area contributed by atoms with E-state index in [1.54, 1.807) is 30.3 Å². The van der Waals surface area contributed by atoms with E-state index < -0.39 is 21.6 Å². The average molecular weight is 406 g/mol. The number of carbonyl (C=O) groups is 1. The van der Waals surface area contributed by atoms with Crippen molar-refractivity contribution in [2.45, 2.75) is 11.5 Å². The molecule has 2 aromatic carbocycles. The summed E-state index contributed by atoms with van der Waals surface area (Å²) in [6, 6.07) is 12.3. The molecule has 0 radical (unpaired) electrons. The van der Waals surface area contributed by atoms with Gasteiger partial charge in [0.2, 0.25) is 0 Å². The Bertz CT molecular complexity index is 1170. The van der Waals surface area contributed by atoms with Crippen LogP contribution in [0.25, 0.3) is 5.69 Å². The molecule has 9 heteroatoms. The molecule has 0 fully saturated rings. The van der Waals surface area contributed by atoms with Gasteiger partial charge in [-0.25, -0.2) is 17.5 Å². The molecule has 3 aromatic rings. The van der Waals surface area contributed by atoms with Gasteiger partial charge >= 0.3 is 0 Å². The molecule has 1 N–H and O–H groups in total. The second-order valence-electron chi connectivity index (χ2n) is 6.13. The van der Waals surface area contributed by atoms with E-state index in [0.29, 0.717) is 22.0 Å². The topological polar surface area (TPSA) is 81.1 Å². The summed E-state index contributed by atoms with van der Waals surface area (Å²) < 4.78 is 39.3. The Labute approximate surface area is 159 Å². The summed E-state index contributed by atoms with van der Waals surface area (Å²) in [4.78, 5) is 12.6. The first-order valence-electron chi connectivity index (χ1n) is 7.97. The van der Waals surface area contributed by atoms with Gasteiger partial charge in [0.05, 0.1) is 28.5 Å². The number of nitrogens with one attached hydrogen (secondary N) is 1. The number of fused-ring (bicyclic) bond motifs is 1. The van der Waals surface area contributed by atoms with E-state index in [9.17, 15) is 17.6 Å². The fourth-order valence-electron chi connectivity index (χ4n) is 2.99. The lowest BCUT2D eigenvalue weighted by Gasteiger charge is -2.11. The molecule has 0 bridgehead atoms. The first kappa shape index (κ1) is 17.7. The lowest BCUT2D eigenvalue weighted by Crippen LogP contribution is -2.18. The van der Waals surface area contributed by atoms with Crippen LogP contribution in [-0.4, -0.2) is 24.1 Å². The number of hydrogen-bond donors (Lipinski definition) is 1. The highest BCUT2D eigenvalue weighted by molar-refractivity contribution is 7.90. The zero-order valence-electron chi connectivity index (χ0n) is 13.8. The van der Waals surface area contributed by atoms with Gasteiger partial charge in [-0.15, -0.1) is 0 Å². The molecule has 0 saturated carbocycles. The molecule has 0 unspecified atom stereocenters. The Hall–Kier alpha value is -2.71. The minimum absolute atomic E-state index is 0.147. The zero-order chi connectivity index (χ0) is 19.2. The number of sulfone groups is 1. The normalized spacial score (nSPS) is 14.7. The van der Waals surface area contributed by atoms with Crippen molar-refractivity contribution >= 4 is 33.2 Å². The third kappa shape index (κ3) is 3.33. The summed E-state index contributed by atoms with van der Waals surface area (Å²) in [6.07, 6.45) is 0. The van der Waals surface area contributed by atoms with E-state index in [1.165, 1.54) is 22.9 Å². The number of hydrogen-bond acceptors (Lipinski definition) is 4. The van der Waals surface area contributed by atoms with Gasteiger partial charge in [-0.3, -0.25) is 4.79 Å². The van der Waals surface area contributed by atoms with Crippen molar-refractivity contribution in [3.8, 4) is 5.69 Å². The van der Waals surface area contributed by atoms with Crippen LogP contribution in [0.5, 0.6) is 0 Å². The third-order valence-corrected chi connectivity index (χ3v) is 5.87. The van der Waals surface area contributed by atoms with E-state index >= 15 is 0 Å². The lowest BCUT2D eigenvalue weighted by molar-refractivity contribution is 0.102. The summed E-state index contributed by atoms with van der Waals surface area (Å²) >= 11 is 6.04. The van der Waals surface area contributed by atoms with Gasteiger partial charge in [-0.05, 0) is 30.3 Å². The molecule has 1 aliphatic rings. The minimum Gasteiger partial charge on any atom is -0.306 e. The van der Waals surface area contributed by atoms with Crippen LogP contribution < -0.4 is 5.32 Å². The van der Waals surface area contributed by atoms with Crippen molar-refractivity contribution in [1.29, 1.82) is 0 Å². The molecule has 6 nitrogen and oxygen atoms in total. The monoisotopic (exact) mass is 405 g/mol. The maximum atomic E-state index is 13.9. The van der Waals surface area contributed by atoms with Crippen molar-refractivity contribution in [2.24, 2.45) is 0 Å². The van der Waals surface area contributed by atoms with E-state index in [4.69, 9.17) is 11.6 Å². The van der Waals surface area contributed by atoms with E-state index in [-0.39, 0.29) is 22.9 Å². The van der Waals surface area contributed by atoms with E-state index in [2.05, 4.69) is 10.4 Å². The largest absolute Gasteiger partial charge is 0.306 e. The Morgan fingerprint density at radius 3 is 2.67 bits per heavy atom. The summed E-state index contributed by atoms with van der Waals surface area (Å²) in [7, 11) is -3.33. The van der Waals surface area contributed by atoms with Crippen molar-refractivity contribution in [2.75, 3.05) is 5.32 Å². The number of anilines is 1. The molecule has 2 heterocycles. The highest BCUT2D eigenvalue weighted by Crippen LogP contribution is 2.33. The molecule has 0 aliphatic carbocycles. The molecule has 1 aromatic heterocycles. The first-order chi connectivity index (χ1) is 12.8. The number of rotatable bonds is 3. The Kier molecular flexibility index (Phi) is 4.24. The Balaban J connectivity index is 1.81. The van der Waals surface area contributed by atoms with Crippen LogP contribution in [0.4, 0.5) is 10.2 Å². The number of nitrogens with zero attached hydrogens (tertiary/aromatic N) is 2. The summed E-state index contributed by atoms with van der Waals surface area (Å²) in [5.74, 6) is -1.62. The van der Waals surface area contributed by atoms with Crippen LogP contribution in [0, 0.1) is 5.82 Å². The molecule has 0 saturated heterocycles. The standard InChI is InChI=1S/C18H13ClFN3O3S/c19-11-4-3-5-12(8-11)23-17(14-9-27(25,26)10-16(14)22-23)21-18(24)13-6-1-2-7-15(13)20/h1-8H,9-10H2,(H,21,24). The third-order valence-electron chi connectivity index (χ3n) is 4.19. The molecule has 0 atom stereocenters. The van der Waals surface area contributed by atoms with Gasteiger partial charge in [0.1, 0.15) is 11.6 Å². The lowest BCUT2D eigenvalue weighted by atomic mass is 10.2. The van der Waals surface area contributed by atoms with Gasteiger partial charge in [-0.1, -0.05) is 29.8 Å². The number of halogens is 2. The van der Waals surface area contributed by atoms with Gasteiger partial charge in [0.25, 0.3) is 5.91 Å². The fourth-order valence-corrected chi connectivity index (χ4v) is 4.66. The van der Waals surface area contributed by atoms with Crippen LogP contribution in [0.1, 0.15) is 21.6 Å². The number of aromatic nitrogens is 2. The second kappa shape index (κ2) is 6.47. The molecule has 0 spiro atoms. The quantitative estimate of drug-likeness (QED) is 0.724. The second-order valence-corrected chi connectivity index (χ2v) is 8.63. The number of carbonyl (C=O) groups excluding carboxylic acids is 1. The minimum atomic E-state index is -3.33. The van der Waals surface area contributed by atoms with Crippen molar-refractivity contribution < 1.29 is 17.6 Å². The van der Waals surface area contributed by atoms with Gasteiger partial charge < -0.3 is 5.32 Å². The summed E-state index contributed by atoms with van der Waals surface area (Å²) in [6.45, 7) is 0. The van der Waals surface area contributed by atoms with Gasteiger partial charge in [-0.2, -0.15) is 5.10 Å². The number of benzene rings is 2. The molecule has 138 valence electrons. The summed E-state index contributed by atoms with van der Waals surface area (Å²) in [5, 5.41) is 7.42. The van der Waals surface area contributed by atoms with E-state index in [1.807, 2.05) is 0 Å². The predicted octanol–water partition coefficient (Wildman–Crippen LogP) is 3.35. The van der Waals surface area contributed by atoms with Crippen molar-refractivity contribution in [3.05, 3.63) is 76.2 Å². The van der Waals surface area contributed by atoms with E-state index in [0.717, 1.165) is 0 Å². The molecule has 1 amide bonds. The number of amides is 1. The van der Waals surface area contributed by atoms with Crippen LogP contribution in [0.2, 0.25) is 5.02 Å². The van der Waals surface area contributed by atoms with Gasteiger partial charge in [0.15, 0.2) is 9.84 Å². The molecule has 4 rings (SSSR count). The Morgan fingerprint density at radius 1 is 1.15 bits per heavy atom. The first-order valence-corrected chi connectivity index (χ1v) is 10.2. The molecule has 27 heavy (non-hydrogen) atoms. The maximum absolute atomic E-state index is 13.9. The van der Waals surface area contributed by atoms with Gasteiger partial charge in [0, 0.05) is 10.6 Å². The molecular weight excluding hydrogens is 393 g/mol. The predicted molar refractivity (Wildman–Crippen MR) is 99.3 cm³/mol. The van der Waals surface area contributed by atoms with Crippen LogP contribution in [0.15, 0.2) is 48.5 Å². The zero-order valence-corrected chi connectivity index (χ0v) is 15.4. The van der Waals surface area contributed by atoms with Crippen LogP contribution >= 0.6 is 11.6 Å². The maximum Gasteiger partial charge on any atom is 0.259 e. The highest BCUT2D eigenvalue weighted by Gasteiger charge is 2.33. The fraction of sp³-hybridized carbons (Fsp3) is 0.111. The highest BCUT2D eigenvalue weighted by atomic mass is 35.5.